The Bertz CT molecular complexity index is 334. The summed E-state index contributed by atoms with van der Waals surface area (Å²) in [7, 11) is 0. The maximum absolute atomic E-state index is 3.52. The van der Waals surface area contributed by atoms with E-state index >= 15 is 0 Å². The molecule has 0 heterocycles. The fraction of sp³-hybridized carbons (Fsp3) is 0.667. The lowest BCUT2D eigenvalue weighted by atomic mass is 9.80. The summed E-state index contributed by atoms with van der Waals surface area (Å²) in [6.07, 6.45) is 14.2. The first-order valence-electron chi connectivity index (χ1n) is 7.95. The van der Waals surface area contributed by atoms with E-state index in [-0.39, 0.29) is 0 Å². The number of benzene rings is 1. The van der Waals surface area contributed by atoms with Crippen LogP contribution in [0.15, 0.2) is 18.2 Å². The van der Waals surface area contributed by atoms with Crippen LogP contribution < -0.4 is 0 Å². The van der Waals surface area contributed by atoms with Crippen LogP contribution >= 0.6 is 0 Å². The molecule has 0 atom stereocenters. The van der Waals surface area contributed by atoms with Gasteiger partial charge in [0, 0.05) is 0 Å². The van der Waals surface area contributed by atoms with Crippen molar-refractivity contribution in [2.75, 3.05) is 0 Å². The molecule has 0 amide bonds. The van der Waals surface area contributed by atoms with Crippen LogP contribution in [0.5, 0.6) is 0 Å². The third kappa shape index (κ3) is 2.79. The average Bonchev–Trinajstić information content (AvgIpc) is 2.49. The van der Waals surface area contributed by atoms with Crippen molar-refractivity contribution in [3.05, 3.63) is 35.4 Å². The van der Waals surface area contributed by atoms with E-state index in [2.05, 4.69) is 24.3 Å². The standard InChI is InChI=1S/C18H25/c1-3-8-15(9-4-1)17-12-7-13-18(14-17)16-10-5-2-6-11-16/h7,12,14-16H,1-6,8-11H2. The molecule has 1 aromatic rings. The molecule has 2 aliphatic rings. The Morgan fingerprint density at radius 3 is 2.06 bits per heavy atom. The van der Waals surface area contributed by atoms with Crippen molar-refractivity contribution >= 4 is 0 Å². The monoisotopic (exact) mass is 241 g/mol. The van der Waals surface area contributed by atoms with E-state index in [0.717, 1.165) is 11.8 Å². The van der Waals surface area contributed by atoms with Crippen LogP contribution in [-0.2, 0) is 0 Å². The molecule has 18 heavy (non-hydrogen) atoms. The zero-order valence-electron chi connectivity index (χ0n) is 11.5. The number of hydrogen-bond donors (Lipinski definition) is 0. The maximum atomic E-state index is 3.52. The molecule has 0 unspecified atom stereocenters. The summed E-state index contributed by atoms with van der Waals surface area (Å²) in [4.78, 5) is 0. The van der Waals surface area contributed by atoms with E-state index in [1.807, 2.05) is 0 Å². The van der Waals surface area contributed by atoms with Gasteiger partial charge < -0.3 is 0 Å². The lowest BCUT2D eigenvalue weighted by molar-refractivity contribution is 0.435. The summed E-state index contributed by atoms with van der Waals surface area (Å²) < 4.78 is 0. The maximum Gasteiger partial charge on any atom is -0.0146 e. The molecule has 3 rings (SSSR count). The Morgan fingerprint density at radius 1 is 0.778 bits per heavy atom. The molecule has 2 fully saturated rings. The zero-order valence-corrected chi connectivity index (χ0v) is 11.5. The Kier molecular flexibility index (Phi) is 4.02. The van der Waals surface area contributed by atoms with Gasteiger partial charge in [0.25, 0.3) is 0 Å². The normalized spacial score (nSPS) is 23.1. The van der Waals surface area contributed by atoms with Crippen molar-refractivity contribution in [3.8, 4) is 0 Å². The van der Waals surface area contributed by atoms with Crippen molar-refractivity contribution in [1.82, 2.24) is 0 Å². The van der Waals surface area contributed by atoms with Gasteiger partial charge >= 0.3 is 0 Å². The van der Waals surface area contributed by atoms with Crippen molar-refractivity contribution in [3.63, 3.8) is 0 Å². The van der Waals surface area contributed by atoms with E-state index in [1.165, 1.54) is 69.8 Å². The highest BCUT2D eigenvalue weighted by Crippen LogP contribution is 2.36. The Morgan fingerprint density at radius 2 is 1.39 bits per heavy atom. The smallest absolute Gasteiger partial charge is 0.0146 e. The average molecular weight is 241 g/mol. The molecule has 0 heteroatoms. The lowest BCUT2D eigenvalue weighted by Crippen LogP contribution is -2.08. The van der Waals surface area contributed by atoms with Gasteiger partial charge in [-0.15, -0.1) is 0 Å². The number of hydrogen-bond acceptors (Lipinski definition) is 0. The van der Waals surface area contributed by atoms with Gasteiger partial charge in [-0.25, -0.2) is 0 Å². The minimum atomic E-state index is 0.808. The highest BCUT2D eigenvalue weighted by Gasteiger charge is 2.19. The molecule has 0 aromatic heterocycles. The third-order valence-electron chi connectivity index (χ3n) is 4.97. The molecule has 1 aromatic carbocycles. The fourth-order valence-electron chi connectivity index (χ4n) is 3.84. The van der Waals surface area contributed by atoms with Gasteiger partial charge in [-0.2, -0.15) is 0 Å². The van der Waals surface area contributed by atoms with Gasteiger partial charge in [-0.1, -0.05) is 56.7 Å². The molecule has 0 spiro atoms. The molecular weight excluding hydrogens is 216 g/mol. The first kappa shape index (κ1) is 12.3. The second kappa shape index (κ2) is 5.91. The third-order valence-corrected chi connectivity index (χ3v) is 4.97. The van der Waals surface area contributed by atoms with E-state index < -0.39 is 0 Å². The summed E-state index contributed by atoms with van der Waals surface area (Å²) >= 11 is 0. The Labute approximate surface area is 112 Å². The fourth-order valence-corrected chi connectivity index (χ4v) is 3.84. The second-order valence-electron chi connectivity index (χ2n) is 6.25. The van der Waals surface area contributed by atoms with E-state index in [9.17, 15) is 0 Å². The van der Waals surface area contributed by atoms with Gasteiger partial charge in [-0.05, 0) is 54.7 Å². The molecular formula is C18H25. The summed E-state index contributed by atoms with van der Waals surface area (Å²) in [5.41, 5.74) is 3.12. The lowest BCUT2D eigenvalue weighted by Gasteiger charge is -2.25. The number of rotatable bonds is 2. The van der Waals surface area contributed by atoms with Gasteiger partial charge in [0.05, 0.1) is 0 Å². The summed E-state index contributed by atoms with van der Waals surface area (Å²) in [6, 6.07) is 10.5. The van der Waals surface area contributed by atoms with Crippen LogP contribution in [0.25, 0.3) is 0 Å². The molecule has 2 aliphatic carbocycles. The molecule has 2 saturated carbocycles. The van der Waals surface area contributed by atoms with Gasteiger partial charge in [0.15, 0.2) is 0 Å². The van der Waals surface area contributed by atoms with Gasteiger partial charge in [0.2, 0.25) is 0 Å². The summed E-state index contributed by atoms with van der Waals surface area (Å²) in [5, 5.41) is 0. The predicted octanol–water partition coefficient (Wildman–Crippen LogP) is 5.58. The highest BCUT2D eigenvalue weighted by molar-refractivity contribution is 5.28. The minimum absolute atomic E-state index is 0.808. The van der Waals surface area contributed by atoms with Crippen LogP contribution in [0.1, 0.15) is 87.2 Å². The SMILES string of the molecule is [c]1ccc(C2CCCCC2)cc1C1CCCCC1. The first-order valence-corrected chi connectivity index (χ1v) is 7.95. The zero-order chi connectivity index (χ0) is 12.2. The molecule has 0 N–H and O–H groups in total. The van der Waals surface area contributed by atoms with Crippen LogP contribution in [-0.4, -0.2) is 0 Å². The van der Waals surface area contributed by atoms with Crippen LogP contribution in [0.4, 0.5) is 0 Å². The molecule has 1 radical (unpaired) electrons. The van der Waals surface area contributed by atoms with Crippen molar-refractivity contribution < 1.29 is 0 Å². The molecule has 0 bridgehead atoms. The first-order chi connectivity index (χ1) is 8.93. The molecule has 0 nitrogen and oxygen atoms in total. The van der Waals surface area contributed by atoms with E-state index in [0.29, 0.717) is 0 Å². The molecule has 97 valence electrons. The molecule has 0 aliphatic heterocycles. The van der Waals surface area contributed by atoms with Gasteiger partial charge in [0.1, 0.15) is 0 Å². The van der Waals surface area contributed by atoms with Crippen molar-refractivity contribution in [2.45, 2.75) is 76.0 Å². The largest absolute Gasteiger partial charge is 0.0581 e. The molecule has 0 saturated heterocycles. The summed E-state index contributed by atoms with van der Waals surface area (Å²) in [5.74, 6) is 1.65. The highest BCUT2D eigenvalue weighted by atomic mass is 14.2. The summed E-state index contributed by atoms with van der Waals surface area (Å²) in [6.45, 7) is 0. The topological polar surface area (TPSA) is 0 Å². The Hall–Kier alpha value is -0.780. The second-order valence-corrected chi connectivity index (χ2v) is 6.25. The van der Waals surface area contributed by atoms with Crippen molar-refractivity contribution in [2.24, 2.45) is 0 Å². The van der Waals surface area contributed by atoms with E-state index in [1.54, 1.807) is 5.56 Å². The van der Waals surface area contributed by atoms with Gasteiger partial charge in [-0.3, -0.25) is 0 Å². The Balaban J connectivity index is 1.75. The van der Waals surface area contributed by atoms with E-state index in [4.69, 9.17) is 0 Å². The van der Waals surface area contributed by atoms with Crippen LogP contribution in [0, 0.1) is 6.07 Å². The van der Waals surface area contributed by atoms with Crippen LogP contribution in [0.3, 0.4) is 0 Å². The van der Waals surface area contributed by atoms with Crippen molar-refractivity contribution in [1.29, 1.82) is 0 Å². The van der Waals surface area contributed by atoms with Crippen LogP contribution in [0.2, 0.25) is 0 Å². The predicted molar refractivity (Wildman–Crippen MR) is 76.9 cm³/mol. The minimum Gasteiger partial charge on any atom is -0.0581 e. The quantitative estimate of drug-likeness (QED) is 0.634.